The molecule has 3 heterocycles. The summed E-state index contributed by atoms with van der Waals surface area (Å²) in [4.78, 5) is 26.8. The smallest absolute Gasteiger partial charge is 0.341 e. The number of amides is 1. The van der Waals surface area contributed by atoms with Crippen molar-refractivity contribution < 1.29 is 14.3 Å². The van der Waals surface area contributed by atoms with Gasteiger partial charge in [-0.1, -0.05) is 48.5 Å². The van der Waals surface area contributed by atoms with Crippen molar-refractivity contribution in [2.75, 3.05) is 18.2 Å². The Morgan fingerprint density at radius 3 is 2.50 bits per heavy atom. The maximum absolute atomic E-state index is 12.9. The molecule has 10 heteroatoms. The van der Waals surface area contributed by atoms with Gasteiger partial charge in [0.2, 0.25) is 5.91 Å². The molecule has 0 bridgehead atoms. The molecule has 4 aromatic rings. The largest absolute Gasteiger partial charge is 0.465 e. The second-order valence-electron chi connectivity index (χ2n) is 8.47. The third kappa shape index (κ3) is 5.55. The Labute approximate surface area is 222 Å². The number of anilines is 1. The standard InChI is InChI=1S/C26H28N4O3S3/c1-6-19-11-18(12-34-19)23-28-29-26(30(23)15(2)3)36-14-21(31)27-24-22(25(32)33-5)20(13-35-24)17-9-7-16(4)8-10-17/h7-13,15H,6,14H2,1-5H3,(H,27,31). The number of carbonyl (C=O) groups is 2. The van der Waals surface area contributed by atoms with Gasteiger partial charge in [0.1, 0.15) is 10.6 Å². The summed E-state index contributed by atoms with van der Waals surface area (Å²) in [6.07, 6.45) is 0.976. The quantitative estimate of drug-likeness (QED) is 0.188. The first-order chi connectivity index (χ1) is 17.3. The zero-order valence-electron chi connectivity index (χ0n) is 20.8. The number of aromatic nitrogens is 3. The molecule has 0 saturated carbocycles. The van der Waals surface area contributed by atoms with Crippen LogP contribution in [-0.4, -0.2) is 39.5 Å². The number of hydrogen-bond donors (Lipinski definition) is 1. The Kier molecular flexibility index (Phi) is 8.28. The fourth-order valence-corrected chi connectivity index (χ4v) is 6.37. The van der Waals surface area contributed by atoms with E-state index in [9.17, 15) is 9.59 Å². The molecule has 7 nitrogen and oxygen atoms in total. The van der Waals surface area contributed by atoms with Crippen LogP contribution in [0, 0.1) is 6.92 Å². The molecule has 0 saturated heterocycles. The lowest BCUT2D eigenvalue weighted by Gasteiger charge is -2.13. The van der Waals surface area contributed by atoms with E-state index < -0.39 is 5.97 Å². The molecule has 188 valence electrons. The number of esters is 1. The monoisotopic (exact) mass is 540 g/mol. The normalized spacial score (nSPS) is 11.2. The van der Waals surface area contributed by atoms with Gasteiger partial charge in [-0.25, -0.2) is 4.79 Å². The second kappa shape index (κ2) is 11.4. The first kappa shape index (κ1) is 26.1. The van der Waals surface area contributed by atoms with Crippen LogP contribution in [0.3, 0.4) is 0 Å². The SMILES string of the molecule is CCc1cc(-c2nnc(SCC(=O)Nc3scc(-c4ccc(C)cc4)c3C(=O)OC)n2C(C)C)cs1. The first-order valence-corrected chi connectivity index (χ1v) is 14.3. The summed E-state index contributed by atoms with van der Waals surface area (Å²) in [6.45, 7) is 8.29. The zero-order chi connectivity index (χ0) is 25.8. The van der Waals surface area contributed by atoms with Crippen LogP contribution in [0.2, 0.25) is 0 Å². The van der Waals surface area contributed by atoms with Crippen molar-refractivity contribution in [3.63, 3.8) is 0 Å². The number of thiophene rings is 2. The first-order valence-electron chi connectivity index (χ1n) is 11.5. The Hall–Kier alpha value is -2.95. The summed E-state index contributed by atoms with van der Waals surface area (Å²) >= 11 is 4.34. The second-order valence-corrected chi connectivity index (χ2v) is 11.3. The summed E-state index contributed by atoms with van der Waals surface area (Å²) in [6, 6.07) is 10.2. The van der Waals surface area contributed by atoms with Crippen LogP contribution in [0.1, 0.15) is 47.6 Å². The van der Waals surface area contributed by atoms with Crippen molar-refractivity contribution in [3.05, 3.63) is 57.1 Å². The van der Waals surface area contributed by atoms with Gasteiger partial charge in [0.05, 0.1) is 12.9 Å². The van der Waals surface area contributed by atoms with E-state index in [1.54, 1.807) is 11.3 Å². The van der Waals surface area contributed by atoms with Gasteiger partial charge >= 0.3 is 5.97 Å². The van der Waals surface area contributed by atoms with Crippen LogP contribution in [0.25, 0.3) is 22.5 Å². The van der Waals surface area contributed by atoms with Gasteiger partial charge in [-0.3, -0.25) is 9.36 Å². The summed E-state index contributed by atoms with van der Waals surface area (Å²) in [7, 11) is 1.34. The number of rotatable bonds is 9. The van der Waals surface area contributed by atoms with Crippen molar-refractivity contribution >= 4 is 51.3 Å². The predicted molar refractivity (Wildman–Crippen MR) is 148 cm³/mol. The molecule has 1 aromatic carbocycles. The minimum atomic E-state index is -0.485. The number of ether oxygens (including phenoxy) is 1. The molecule has 1 amide bonds. The topological polar surface area (TPSA) is 86.1 Å². The predicted octanol–water partition coefficient (Wildman–Crippen LogP) is 6.70. The van der Waals surface area contributed by atoms with E-state index >= 15 is 0 Å². The number of benzene rings is 1. The zero-order valence-corrected chi connectivity index (χ0v) is 23.3. The minimum Gasteiger partial charge on any atom is -0.465 e. The third-order valence-electron chi connectivity index (χ3n) is 5.57. The lowest BCUT2D eigenvalue weighted by atomic mass is 10.0. The maximum Gasteiger partial charge on any atom is 0.341 e. The Bertz CT molecular complexity index is 1370. The molecule has 0 aliphatic rings. The number of nitrogens with zero attached hydrogens (tertiary/aromatic N) is 3. The molecule has 36 heavy (non-hydrogen) atoms. The van der Waals surface area contributed by atoms with Crippen LogP contribution in [0.5, 0.6) is 0 Å². The Morgan fingerprint density at radius 2 is 1.86 bits per heavy atom. The van der Waals surface area contributed by atoms with E-state index in [2.05, 4.69) is 52.3 Å². The lowest BCUT2D eigenvalue weighted by molar-refractivity contribution is -0.113. The van der Waals surface area contributed by atoms with Crippen molar-refractivity contribution in [3.8, 4) is 22.5 Å². The number of hydrogen-bond acceptors (Lipinski definition) is 8. The molecule has 1 N–H and O–H groups in total. The number of carbonyl (C=O) groups excluding carboxylic acids is 2. The van der Waals surface area contributed by atoms with Crippen molar-refractivity contribution in [1.29, 1.82) is 0 Å². The average Bonchev–Trinajstić information content (AvgIpc) is 3.60. The van der Waals surface area contributed by atoms with Gasteiger partial charge in [0, 0.05) is 32.8 Å². The van der Waals surface area contributed by atoms with Crippen molar-refractivity contribution in [2.45, 2.75) is 45.3 Å². The van der Waals surface area contributed by atoms with E-state index in [0.717, 1.165) is 34.5 Å². The van der Waals surface area contributed by atoms with Gasteiger partial charge in [-0.2, -0.15) is 0 Å². The van der Waals surface area contributed by atoms with E-state index in [4.69, 9.17) is 4.74 Å². The number of nitrogens with one attached hydrogen (secondary N) is 1. The maximum atomic E-state index is 12.9. The van der Waals surface area contributed by atoms with E-state index in [-0.39, 0.29) is 17.7 Å². The van der Waals surface area contributed by atoms with Crippen LogP contribution >= 0.6 is 34.4 Å². The molecule has 0 fully saturated rings. The summed E-state index contributed by atoms with van der Waals surface area (Å²) in [5, 5.41) is 16.8. The fraction of sp³-hybridized carbons (Fsp3) is 0.308. The van der Waals surface area contributed by atoms with E-state index in [0.29, 0.717) is 15.7 Å². The Morgan fingerprint density at radius 1 is 1.11 bits per heavy atom. The Balaban J connectivity index is 1.52. The highest BCUT2D eigenvalue weighted by atomic mass is 32.2. The average molecular weight is 541 g/mol. The molecule has 0 radical (unpaired) electrons. The van der Waals surface area contributed by atoms with Gasteiger partial charge in [-0.15, -0.1) is 32.9 Å². The number of aryl methyl sites for hydroxylation is 2. The summed E-state index contributed by atoms with van der Waals surface area (Å²) < 4.78 is 7.07. The highest BCUT2D eigenvalue weighted by molar-refractivity contribution is 7.99. The van der Waals surface area contributed by atoms with Crippen LogP contribution in [-0.2, 0) is 16.0 Å². The van der Waals surface area contributed by atoms with Gasteiger partial charge in [0.25, 0.3) is 0 Å². The lowest BCUT2D eigenvalue weighted by Crippen LogP contribution is -2.16. The third-order valence-corrected chi connectivity index (χ3v) is 8.49. The molecule has 0 aliphatic heterocycles. The molecule has 0 spiro atoms. The van der Waals surface area contributed by atoms with Gasteiger partial charge in [-0.05, 0) is 38.8 Å². The van der Waals surface area contributed by atoms with E-state index in [1.165, 1.54) is 35.1 Å². The summed E-state index contributed by atoms with van der Waals surface area (Å²) in [5.74, 6) is 0.220. The van der Waals surface area contributed by atoms with Crippen LogP contribution in [0.15, 0.2) is 46.2 Å². The molecule has 0 unspecified atom stereocenters. The minimum absolute atomic E-state index is 0.130. The highest BCUT2D eigenvalue weighted by Crippen LogP contribution is 2.37. The number of methoxy groups -OCH3 is 1. The summed E-state index contributed by atoms with van der Waals surface area (Å²) in [5.41, 5.74) is 4.16. The fourth-order valence-electron chi connectivity index (χ4n) is 3.71. The highest BCUT2D eigenvalue weighted by Gasteiger charge is 2.23. The van der Waals surface area contributed by atoms with Crippen molar-refractivity contribution in [1.82, 2.24) is 14.8 Å². The van der Waals surface area contributed by atoms with E-state index in [1.807, 2.05) is 36.6 Å². The molecular formula is C26H28N4O3S3. The molecule has 0 atom stereocenters. The molecule has 4 rings (SSSR count). The molecule has 3 aromatic heterocycles. The van der Waals surface area contributed by atoms with Crippen LogP contribution < -0.4 is 5.32 Å². The number of thioether (sulfide) groups is 1. The van der Waals surface area contributed by atoms with Gasteiger partial charge < -0.3 is 10.1 Å². The molecule has 0 aliphatic carbocycles. The van der Waals surface area contributed by atoms with Gasteiger partial charge in [0.15, 0.2) is 11.0 Å². The van der Waals surface area contributed by atoms with Crippen molar-refractivity contribution in [2.24, 2.45) is 0 Å². The van der Waals surface area contributed by atoms with Crippen LogP contribution in [0.4, 0.5) is 5.00 Å². The molecular weight excluding hydrogens is 513 g/mol.